The van der Waals surface area contributed by atoms with Crippen LogP contribution in [0.5, 0.6) is 0 Å². The summed E-state index contributed by atoms with van der Waals surface area (Å²) >= 11 is 0. The molecule has 8 atom stereocenters. The summed E-state index contributed by atoms with van der Waals surface area (Å²) in [6, 6.07) is 0. The fourth-order valence-electron chi connectivity index (χ4n) is 5.55. The fraction of sp³-hybridized carbons (Fsp3) is 0.815. The Balaban J connectivity index is 1.49. The molecule has 0 radical (unpaired) electrons. The number of fused-ring (bicyclic) bond motifs is 1. The quantitative estimate of drug-likeness (QED) is 0.568. The molecular weight excluding hydrogens is 404 g/mol. The van der Waals surface area contributed by atoms with Gasteiger partial charge < -0.3 is 18.9 Å². The first-order valence-electron chi connectivity index (χ1n) is 12.6. The summed E-state index contributed by atoms with van der Waals surface area (Å²) < 4.78 is 24.4. The summed E-state index contributed by atoms with van der Waals surface area (Å²) in [5.74, 6) is 14.5. The molecule has 2 unspecified atom stereocenters. The van der Waals surface area contributed by atoms with Gasteiger partial charge in [0.2, 0.25) is 0 Å². The van der Waals surface area contributed by atoms with Crippen LogP contribution in [0.4, 0.5) is 0 Å². The summed E-state index contributed by atoms with van der Waals surface area (Å²) in [5.41, 5.74) is 0. The van der Waals surface area contributed by atoms with Gasteiger partial charge in [-0.3, -0.25) is 4.79 Å². The third-order valence-electron chi connectivity index (χ3n) is 7.37. The van der Waals surface area contributed by atoms with Crippen molar-refractivity contribution in [3.8, 4) is 23.7 Å². The maximum Gasteiger partial charge on any atom is 0.159 e. The highest BCUT2D eigenvalue weighted by molar-refractivity contribution is 5.81. The average molecular weight is 443 g/mol. The van der Waals surface area contributed by atoms with Crippen molar-refractivity contribution in [2.24, 2.45) is 23.7 Å². The molecule has 0 aromatic heterocycles. The molecule has 0 bridgehead atoms. The second-order valence-electron chi connectivity index (χ2n) is 9.85. The molecule has 4 aliphatic rings. The zero-order chi connectivity index (χ0) is 22.3. The molecule has 2 saturated carbocycles. The van der Waals surface area contributed by atoms with Crippen molar-refractivity contribution in [1.82, 2.24) is 0 Å². The molecule has 0 amide bonds. The van der Waals surface area contributed by atoms with Gasteiger partial charge in [-0.05, 0) is 63.7 Å². The van der Waals surface area contributed by atoms with E-state index in [-0.39, 0.29) is 36.6 Å². The lowest BCUT2D eigenvalue weighted by molar-refractivity contribution is -0.192. The third-order valence-corrected chi connectivity index (χ3v) is 7.37. The summed E-state index contributed by atoms with van der Waals surface area (Å²) in [5, 5.41) is 0. The number of ketones is 1. The molecule has 0 spiro atoms. The first-order valence-corrected chi connectivity index (χ1v) is 12.6. The van der Waals surface area contributed by atoms with E-state index in [1.807, 2.05) is 6.92 Å². The van der Waals surface area contributed by atoms with Gasteiger partial charge in [-0.1, -0.05) is 18.8 Å². The summed E-state index contributed by atoms with van der Waals surface area (Å²) in [6.45, 7) is 5.53. The maximum atomic E-state index is 12.2. The molecule has 2 saturated heterocycles. The number of carbonyl (C=O) groups excluding carboxylic acids is 1. The fourth-order valence-corrected chi connectivity index (χ4v) is 5.55. The molecular formula is C27H38O5. The van der Waals surface area contributed by atoms with Crippen LogP contribution in [0.25, 0.3) is 0 Å². The predicted octanol–water partition coefficient (Wildman–Crippen LogP) is 4.48. The highest BCUT2D eigenvalue weighted by Gasteiger charge is 2.49. The molecule has 5 heteroatoms. The van der Waals surface area contributed by atoms with Crippen LogP contribution >= 0.6 is 0 Å². The summed E-state index contributed by atoms with van der Waals surface area (Å²) in [7, 11) is 0. The van der Waals surface area contributed by atoms with E-state index in [0.29, 0.717) is 30.5 Å². The van der Waals surface area contributed by atoms with Crippen LogP contribution in [0, 0.1) is 47.4 Å². The van der Waals surface area contributed by atoms with Gasteiger partial charge in [-0.25, -0.2) is 0 Å². The molecule has 0 aromatic rings. The maximum absolute atomic E-state index is 12.2. The number of hydrogen-bond donors (Lipinski definition) is 0. The van der Waals surface area contributed by atoms with E-state index in [1.165, 1.54) is 0 Å². The van der Waals surface area contributed by atoms with E-state index in [1.54, 1.807) is 0 Å². The molecule has 2 heterocycles. The van der Waals surface area contributed by atoms with Gasteiger partial charge in [-0.15, -0.1) is 11.8 Å². The van der Waals surface area contributed by atoms with Crippen molar-refractivity contribution in [1.29, 1.82) is 0 Å². The Morgan fingerprint density at radius 2 is 1.81 bits per heavy atom. The minimum absolute atomic E-state index is 0.0334. The van der Waals surface area contributed by atoms with Crippen molar-refractivity contribution in [3.63, 3.8) is 0 Å². The zero-order valence-electron chi connectivity index (χ0n) is 19.6. The molecule has 2 aliphatic heterocycles. The number of Topliss-reactive ketones (excluding diaryl/α,β-unsaturated/α-hetero) is 1. The average Bonchev–Trinajstić information content (AvgIpc) is 3.31. The normalized spacial score (nSPS) is 36.4. The van der Waals surface area contributed by atoms with Crippen molar-refractivity contribution in [2.75, 3.05) is 13.2 Å². The Morgan fingerprint density at radius 3 is 2.50 bits per heavy atom. The molecule has 5 nitrogen and oxygen atoms in total. The van der Waals surface area contributed by atoms with E-state index in [0.717, 1.165) is 64.6 Å². The van der Waals surface area contributed by atoms with Crippen LogP contribution in [-0.2, 0) is 23.7 Å². The van der Waals surface area contributed by atoms with E-state index in [2.05, 4.69) is 30.6 Å². The SMILES string of the molecule is CC#CC[C@H](C)[C@@H](C#C[C@@H]1[C@H]2CC(=O)C[C@H]2C[C@H]1OC1CCCCO1)OC1CCCCO1. The molecule has 32 heavy (non-hydrogen) atoms. The Bertz CT molecular complexity index is 743. The Morgan fingerprint density at radius 1 is 1.06 bits per heavy atom. The van der Waals surface area contributed by atoms with E-state index in [4.69, 9.17) is 18.9 Å². The number of rotatable bonds is 6. The monoisotopic (exact) mass is 442 g/mol. The minimum atomic E-state index is -0.235. The molecule has 4 rings (SSSR count). The van der Waals surface area contributed by atoms with Crippen LogP contribution in [0.15, 0.2) is 0 Å². The summed E-state index contributed by atoms with van der Waals surface area (Å²) in [4.78, 5) is 12.2. The van der Waals surface area contributed by atoms with Gasteiger partial charge in [0.1, 0.15) is 11.9 Å². The van der Waals surface area contributed by atoms with Crippen LogP contribution in [0.2, 0.25) is 0 Å². The lowest BCUT2D eigenvalue weighted by Gasteiger charge is -2.29. The van der Waals surface area contributed by atoms with Crippen LogP contribution in [0.3, 0.4) is 0 Å². The second-order valence-corrected chi connectivity index (χ2v) is 9.85. The van der Waals surface area contributed by atoms with Crippen molar-refractivity contribution in [2.45, 2.75) is 103 Å². The minimum Gasteiger partial charge on any atom is -0.353 e. The summed E-state index contributed by atoms with van der Waals surface area (Å²) in [6.07, 6.45) is 8.76. The Labute approximate surface area is 193 Å². The van der Waals surface area contributed by atoms with E-state index >= 15 is 0 Å². The van der Waals surface area contributed by atoms with Gasteiger partial charge in [0.15, 0.2) is 12.6 Å². The molecule has 0 aromatic carbocycles. The molecule has 0 N–H and O–H groups in total. The van der Waals surface area contributed by atoms with Crippen molar-refractivity contribution >= 4 is 5.78 Å². The highest BCUT2D eigenvalue weighted by Crippen LogP contribution is 2.48. The Kier molecular flexibility index (Phi) is 8.67. The van der Waals surface area contributed by atoms with Gasteiger partial charge in [-0.2, -0.15) is 0 Å². The lowest BCUT2D eigenvalue weighted by atomic mass is 9.91. The number of ether oxygens (including phenoxy) is 4. The predicted molar refractivity (Wildman–Crippen MR) is 121 cm³/mol. The standard InChI is InChI=1S/C27H38O5/c1-3-4-9-19(2)24(31-26-10-5-7-14-29-26)13-12-22-23-18-21(28)16-20(23)17-25(22)32-27-11-6-8-15-30-27/h19-20,22-27H,5-11,14-18H2,1-2H3/t19-,20-,22+,23-,24+,25+,26?,27?/m0/s1. The zero-order valence-corrected chi connectivity index (χ0v) is 19.6. The first-order chi connectivity index (χ1) is 15.6. The van der Waals surface area contributed by atoms with Gasteiger partial charge in [0.05, 0.1) is 12.0 Å². The van der Waals surface area contributed by atoms with Gasteiger partial charge >= 0.3 is 0 Å². The third kappa shape index (κ3) is 6.15. The first kappa shape index (κ1) is 23.8. The largest absolute Gasteiger partial charge is 0.353 e. The molecule has 4 fully saturated rings. The van der Waals surface area contributed by atoms with E-state index < -0.39 is 0 Å². The number of carbonyl (C=O) groups is 1. The van der Waals surface area contributed by atoms with Crippen molar-refractivity contribution < 1.29 is 23.7 Å². The van der Waals surface area contributed by atoms with Crippen LogP contribution in [0.1, 0.15) is 78.1 Å². The highest BCUT2D eigenvalue weighted by atomic mass is 16.7. The van der Waals surface area contributed by atoms with Gasteiger partial charge in [0.25, 0.3) is 0 Å². The topological polar surface area (TPSA) is 54.0 Å². The second kappa shape index (κ2) is 11.7. The van der Waals surface area contributed by atoms with Crippen molar-refractivity contribution in [3.05, 3.63) is 0 Å². The van der Waals surface area contributed by atoms with E-state index in [9.17, 15) is 4.79 Å². The number of hydrogen-bond acceptors (Lipinski definition) is 5. The molecule has 2 aliphatic carbocycles. The molecule has 176 valence electrons. The Hall–Kier alpha value is -1.37. The smallest absolute Gasteiger partial charge is 0.159 e. The van der Waals surface area contributed by atoms with Crippen LogP contribution < -0.4 is 0 Å². The van der Waals surface area contributed by atoms with Crippen LogP contribution in [-0.4, -0.2) is 43.8 Å². The van der Waals surface area contributed by atoms with Gasteiger partial charge in [0, 0.05) is 38.4 Å². The lowest BCUT2D eigenvalue weighted by Crippen LogP contribution is -2.32.